The fourth-order valence-electron chi connectivity index (χ4n) is 2.61. The number of sulfonamides is 1. The molecular formula is C21H18F2N2O4S. The van der Waals surface area contributed by atoms with Crippen LogP contribution in [0.1, 0.15) is 17.3 Å². The van der Waals surface area contributed by atoms with E-state index in [-0.39, 0.29) is 11.6 Å². The van der Waals surface area contributed by atoms with Crippen molar-refractivity contribution in [2.24, 2.45) is 0 Å². The molecule has 1 amide bonds. The SMILES string of the molecule is CCOc1ccccc1C(=O)Nc1ccc(NS(=O)(=O)c2ccc(F)c(F)c2)cc1. The summed E-state index contributed by atoms with van der Waals surface area (Å²) in [4.78, 5) is 12.1. The maximum absolute atomic E-state index is 13.3. The van der Waals surface area contributed by atoms with Gasteiger partial charge in [0.1, 0.15) is 5.75 Å². The van der Waals surface area contributed by atoms with Crippen LogP contribution in [-0.4, -0.2) is 20.9 Å². The summed E-state index contributed by atoms with van der Waals surface area (Å²) in [7, 11) is -4.10. The van der Waals surface area contributed by atoms with Gasteiger partial charge < -0.3 is 10.1 Å². The summed E-state index contributed by atoms with van der Waals surface area (Å²) in [6, 6.07) is 15.0. The van der Waals surface area contributed by atoms with E-state index in [1.165, 1.54) is 24.3 Å². The van der Waals surface area contributed by atoms with Crippen LogP contribution in [-0.2, 0) is 10.0 Å². The van der Waals surface area contributed by atoms with Crippen LogP contribution in [0.5, 0.6) is 5.75 Å². The quantitative estimate of drug-likeness (QED) is 0.579. The summed E-state index contributed by atoms with van der Waals surface area (Å²) in [6.07, 6.45) is 0. The van der Waals surface area contributed by atoms with Gasteiger partial charge in [-0.1, -0.05) is 12.1 Å². The summed E-state index contributed by atoms with van der Waals surface area (Å²) >= 11 is 0. The number of hydrogen-bond donors (Lipinski definition) is 2. The van der Waals surface area contributed by atoms with Gasteiger partial charge in [0.15, 0.2) is 11.6 Å². The Morgan fingerprint density at radius 3 is 2.27 bits per heavy atom. The van der Waals surface area contributed by atoms with E-state index in [2.05, 4.69) is 10.0 Å². The number of carbonyl (C=O) groups excluding carboxylic acids is 1. The molecule has 6 nitrogen and oxygen atoms in total. The van der Waals surface area contributed by atoms with Crippen molar-refractivity contribution in [2.45, 2.75) is 11.8 Å². The fraction of sp³-hybridized carbons (Fsp3) is 0.0952. The Kier molecular flexibility index (Phi) is 6.31. The Hall–Kier alpha value is -3.46. The molecule has 3 aromatic carbocycles. The Bertz CT molecular complexity index is 1170. The van der Waals surface area contributed by atoms with Crippen LogP contribution in [0.4, 0.5) is 20.2 Å². The highest BCUT2D eigenvalue weighted by molar-refractivity contribution is 7.92. The number of hydrogen-bond acceptors (Lipinski definition) is 4. The molecule has 0 saturated carbocycles. The highest BCUT2D eigenvalue weighted by atomic mass is 32.2. The molecule has 0 aliphatic carbocycles. The standard InChI is InChI=1S/C21H18F2N2O4S/c1-2-29-20-6-4-3-5-17(20)21(26)24-14-7-9-15(10-8-14)25-30(27,28)16-11-12-18(22)19(23)13-16/h3-13,25H,2H2,1H3,(H,24,26). The average Bonchev–Trinajstić information content (AvgIpc) is 2.72. The van der Waals surface area contributed by atoms with Gasteiger partial charge in [-0.3, -0.25) is 9.52 Å². The topological polar surface area (TPSA) is 84.5 Å². The zero-order valence-corrected chi connectivity index (χ0v) is 16.7. The zero-order valence-electron chi connectivity index (χ0n) is 15.9. The predicted octanol–water partition coefficient (Wildman–Crippen LogP) is 4.42. The van der Waals surface area contributed by atoms with Gasteiger partial charge in [0, 0.05) is 11.4 Å². The molecule has 0 atom stereocenters. The molecule has 9 heteroatoms. The molecule has 3 aromatic rings. The number of halogens is 2. The third-order valence-corrected chi connectivity index (χ3v) is 5.41. The summed E-state index contributed by atoms with van der Waals surface area (Å²) in [6.45, 7) is 2.23. The average molecular weight is 432 g/mol. The lowest BCUT2D eigenvalue weighted by Gasteiger charge is -2.12. The number of ether oxygens (including phenoxy) is 1. The van der Waals surface area contributed by atoms with Crippen LogP contribution in [0, 0.1) is 11.6 Å². The van der Waals surface area contributed by atoms with Gasteiger partial charge in [-0.2, -0.15) is 0 Å². The number of benzene rings is 3. The second kappa shape index (κ2) is 8.91. The molecular weight excluding hydrogens is 414 g/mol. The van der Waals surface area contributed by atoms with Gasteiger partial charge in [-0.05, 0) is 61.5 Å². The molecule has 0 aliphatic rings. The maximum Gasteiger partial charge on any atom is 0.261 e. The lowest BCUT2D eigenvalue weighted by Crippen LogP contribution is -2.15. The Morgan fingerprint density at radius 2 is 1.60 bits per heavy atom. The molecule has 0 aromatic heterocycles. The second-order valence-corrected chi connectivity index (χ2v) is 7.82. The molecule has 156 valence electrons. The molecule has 0 heterocycles. The Morgan fingerprint density at radius 1 is 0.933 bits per heavy atom. The van der Waals surface area contributed by atoms with Crippen LogP contribution >= 0.6 is 0 Å². The molecule has 0 saturated heterocycles. The largest absolute Gasteiger partial charge is 0.493 e. The molecule has 3 rings (SSSR count). The van der Waals surface area contributed by atoms with Gasteiger partial charge in [-0.25, -0.2) is 17.2 Å². The molecule has 0 radical (unpaired) electrons. The van der Waals surface area contributed by atoms with Crippen molar-refractivity contribution >= 4 is 27.3 Å². The van der Waals surface area contributed by atoms with E-state index in [1.54, 1.807) is 24.3 Å². The van der Waals surface area contributed by atoms with Crippen molar-refractivity contribution in [1.82, 2.24) is 0 Å². The van der Waals surface area contributed by atoms with Crippen molar-refractivity contribution in [1.29, 1.82) is 0 Å². The first-order chi connectivity index (χ1) is 14.3. The van der Waals surface area contributed by atoms with Crippen molar-refractivity contribution in [3.05, 3.63) is 83.9 Å². The van der Waals surface area contributed by atoms with E-state index < -0.39 is 26.6 Å². The van der Waals surface area contributed by atoms with Crippen LogP contribution < -0.4 is 14.8 Å². The molecule has 0 unspecified atom stereocenters. The van der Waals surface area contributed by atoms with Crippen LogP contribution in [0.2, 0.25) is 0 Å². The van der Waals surface area contributed by atoms with Crippen molar-refractivity contribution in [3.8, 4) is 5.75 Å². The molecule has 0 aliphatic heterocycles. The number of para-hydroxylation sites is 1. The summed E-state index contributed by atoms with van der Waals surface area (Å²) in [5.74, 6) is -2.33. The van der Waals surface area contributed by atoms with Crippen LogP contribution in [0.3, 0.4) is 0 Å². The third kappa shape index (κ3) is 4.93. The van der Waals surface area contributed by atoms with Crippen molar-refractivity contribution < 1.29 is 26.7 Å². The number of rotatable bonds is 7. The molecule has 0 fully saturated rings. The highest BCUT2D eigenvalue weighted by Gasteiger charge is 2.17. The summed E-state index contributed by atoms with van der Waals surface area (Å²) in [5.41, 5.74) is 0.983. The minimum Gasteiger partial charge on any atom is -0.493 e. The Balaban J connectivity index is 1.72. The minimum atomic E-state index is -4.10. The molecule has 2 N–H and O–H groups in total. The van der Waals surface area contributed by atoms with E-state index in [0.717, 1.165) is 12.1 Å². The number of carbonyl (C=O) groups is 1. The van der Waals surface area contributed by atoms with E-state index in [0.29, 0.717) is 29.7 Å². The van der Waals surface area contributed by atoms with Crippen molar-refractivity contribution in [2.75, 3.05) is 16.6 Å². The van der Waals surface area contributed by atoms with Crippen molar-refractivity contribution in [3.63, 3.8) is 0 Å². The third-order valence-electron chi connectivity index (χ3n) is 4.03. The van der Waals surface area contributed by atoms with Crippen LogP contribution in [0.15, 0.2) is 71.6 Å². The monoisotopic (exact) mass is 432 g/mol. The Labute approximate surface area is 172 Å². The van der Waals surface area contributed by atoms with Gasteiger partial charge in [0.25, 0.3) is 15.9 Å². The van der Waals surface area contributed by atoms with Gasteiger partial charge in [0.2, 0.25) is 0 Å². The molecule has 0 bridgehead atoms. The normalized spacial score (nSPS) is 11.0. The lowest BCUT2D eigenvalue weighted by atomic mass is 10.2. The maximum atomic E-state index is 13.3. The first-order valence-electron chi connectivity index (χ1n) is 8.91. The fourth-order valence-corrected chi connectivity index (χ4v) is 3.68. The van der Waals surface area contributed by atoms with Crippen LogP contribution in [0.25, 0.3) is 0 Å². The lowest BCUT2D eigenvalue weighted by molar-refractivity contribution is 0.102. The first-order valence-corrected chi connectivity index (χ1v) is 10.4. The number of anilines is 2. The van der Waals surface area contributed by atoms with E-state index in [1.807, 2.05) is 6.92 Å². The second-order valence-electron chi connectivity index (χ2n) is 6.14. The molecule has 30 heavy (non-hydrogen) atoms. The smallest absolute Gasteiger partial charge is 0.261 e. The molecule has 0 spiro atoms. The number of amides is 1. The minimum absolute atomic E-state index is 0.187. The summed E-state index contributed by atoms with van der Waals surface area (Å²) < 4.78 is 58.7. The van der Waals surface area contributed by atoms with Gasteiger partial charge in [-0.15, -0.1) is 0 Å². The highest BCUT2D eigenvalue weighted by Crippen LogP contribution is 2.22. The number of nitrogens with one attached hydrogen (secondary N) is 2. The predicted molar refractivity (Wildman–Crippen MR) is 109 cm³/mol. The first kappa shape index (κ1) is 21.3. The zero-order chi connectivity index (χ0) is 21.7. The van der Waals surface area contributed by atoms with E-state index >= 15 is 0 Å². The van der Waals surface area contributed by atoms with E-state index in [4.69, 9.17) is 4.74 Å². The summed E-state index contributed by atoms with van der Waals surface area (Å²) in [5, 5.41) is 2.71. The van der Waals surface area contributed by atoms with Gasteiger partial charge in [0.05, 0.1) is 17.1 Å². The van der Waals surface area contributed by atoms with E-state index in [9.17, 15) is 22.0 Å². The van der Waals surface area contributed by atoms with Gasteiger partial charge >= 0.3 is 0 Å².